The van der Waals surface area contributed by atoms with E-state index in [1.54, 1.807) is 6.92 Å². The molecule has 4 rings (SSSR count). The first-order valence-electron chi connectivity index (χ1n) is 13.8. The van der Waals surface area contributed by atoms with Crippen molar-refractivity contribution in [1.82, 2.24) is 5.32 Å². The molecular weight excluding hydrogens is 587 g/mol. The number of methoxy groups -OCH3 is 1. The van der Waals surface area contributed by atoms with Gasteiger partial charge in [-0.25, -0.2) is 4.79 Å². The zero-order valence-electron chi connectivity index (χ0n) is 24.8. The molecule has 232 valence electrons. The van der Waals surface area contributed by atoms with Crippen LogP contribution in [0.2, 0.25) is 0 Å². The summed E-state index contributed by atoms with van der Waals surface area (Å²) in [6, 6.07) is 3.48. The Labute approximate surface area is 252 Å². The van der Waals surface area contributed by atoms with Crippen molar-refractivity contribution in [1.29, 1.82) is 0 Å². The molecule has 2 atom stereocenters. The topological polar surface area (TPSA) is 100 Å². The lowest BCUT2D eigenvalue weighted by molar-refractivity contribution is -0.149. The van der Waals surface area contributed by atoms with Crippen LogP contribution in [0, 0.1) is 20.8 Å². The number of benzene rings is 2. The molecule has 2 aliphatic heterocycles. The van der Waals surface area contributed by atoms with Crippen LogP contribution in [-0.4, -0.2) is 42.5 Å². The van der Waals surface area contributed by atoms with Crippen LogP contribution in [0.1, 0.15) is 66.5 Å². The Balaban J connectivity index is 1.57. The molecule has 2 heterocycles. The molecule has 1 saturated heterocycles. The van der Waals surface area contributed by atoms with Gasteiger partial charge in [0.15, 0.2) is 6.10 Å². The minimum absolute atomic E-state index is 0.00858. The van der Waals surface area contributed by atoms with Crippen molar-refractivity contribution >= 4 is 35.0 Å². The number of esters is 1. The zero-order valence-corrected chi connectivity index (χ0v) is 25.6. The predicted octanol–water partition coefficient (Wildman–Crippen LogP) is 6.84. The Morgan fingerprint density at radius 3 is 2.51 bits per heavy atom. The number of ether oxygens (including phenoxy) is 4. The maximum atomic E-state index is 14.0. The smallest absolute Gasteiger partial charge is 0.419 e. The van der Waals surface area contributed by atoms with Crippen molar-refractivity contribution in [3.63, 3.8) is 0 Å². The summed E-state index contributed by atoms with van der Waals surface area (Å²) in [5, 5.41) is 1.49. The van der Waals surface area contributed by atoms with Crippen molar-refractivity contribution in [2.24, 2.45) is 0 Å². The van der Waals surface area contributed by atoms with Gasteiger partial charge in [0.1, 0.15) is 29.5 Å². The summed E-state index contributed by atoms with van der Waals surface area (Å²) in [6.45, 7) is 9.25. The number of carbonyl (C=O) groups excluding carboxylic acids is 3. The molecule has 0 saturated carbocycles. The van der Waals surface area contributed by atoms with Crippen LogP contribution in [0.3, 0.4) is 0 Å². The first-order chi connectivity index (χ1) is 20.2. The van der Waals surface area contributed by atoms with E-state index in [0.717, 1.165) is 34.7 Å². The summed E-state index contributed by atoms with van der Waals surface area (Å²) in [5.74, 6) is -0.244. The average molecular weight is 622 g/mol. The molecule has 2 aromatic rings. The second-order valence-electron chi connectivity index (χ2n) is 10.9. The standard InChI is InChI=1S/C31H34F3NO7S/c1-7-8-23(28(37)39-6)41-25-16(2)17(3)26-20(18(25)4)11-12-30(5,42-26)15-40-22-10-9-19(13-21(22)31(32,33)34)14-24-27(36)35-29(38)43-24/h9-10,13-14,23H,7-8,11-12,15H2,1-6H3,(H,35,36,38). The number of hydrogen-bond donors (Lipinski definition) is 1. The number of alkyl halides is 3. The summed E-state index contributed by atoms with van der Waals surface area (Å²) in [4.78, 5) is 35.5. The molecule has 12 heteroatoms. The molecule has 2 unspecified atom stereocenters. The van der Waals surface area contributed by atoms with Gasteiger partial charge in [-0.3, -0.25) is 14.9 Å². The van der Waals surface area contributed by atoms with E-state index in [-0.39, 0.29) is 22.8 Å². The van der Waals surface area contributed by atoms with Crippen molar-refractivity contribution in [3.8, 4) is 17.2 Å². The van der Waals surface area contributed by atoms with Crippen LogP contribution in [0.15, 0.2) is 23.1 Å². The van der Waals surface area contributed by atoms with E-state index in [1.807, 2.05) is 27.7 Å². The highest BCUT2D eigenvalue weighted by Gasteiger charge is 2.39. The Hall–Kier alpha value is -3.67. The van der Waals surface area contributed by atoms with Crippen LogP contribution in [0.25, 0.3) is 6.08 Å². The van der Waals surface area contributed by atoms with E-state index in [0.29, 0.717) is 42.5 Å². The fourth-order valence-electron chi connectivity index (χ4n) is 5.11. The van der Waals surface area contributed by atoms with Gasteiger partial charge < -0.3 is 18.9 Å². The molecule has 0 bridgehead atoms. The van der Waals surface area contributed by atoms with E-state index in [4.69, 9.17) is 18.9 Å². The molecule has 8 nitrogen and oxygen atoms in total. The number of thioether (sulfide) groups is 1. The highest BCUT2D eigenvalue weighted by Crippen LogP contribution is 2.45. The number of nitrogens with one attached hydrogen (secondary N) is 1. The zero-order chi connectivity index (χ0) is 31.7. The molecule has 0 aromatic heterocycles. The van der Waals surface area contributed by atoms with Gasteiger partial charge in [-0.2, -0.15) is 13.2 Å². The quantitative estimate of drug-likeness (QED) is 0.240. The summed E-state index contributed by atoms with van der Waals surface area (Å²) in [5.41, 5.74) is 1.52. The third kappa shape index (κ3) is 6.95. The lowest BCUT2D eigenvalue weighted by Gasteiger charge is -2.38. The lowest BCUT2D eigenvalue weighted by Crippen LogP contribution is -2.43. The number of hydrogen-bond acceptors (Lipinski definition) is 8. The minimum atomic E-state index is -4.73. The normalized spacial score (nSPS) is 19.9. The van der Waals surface area contributed by atoms with Crippen molar-refractivity contribution in [2.45, 2.75) is 78.2 Å². The average Bonchev–Trinajstić information content (AvgIpc) is 3.27. The number of halogens is 3. The molecule has 0 aliphatic carbocycles. The van der Waals surface area contributed by atoms with E-state index >= 15 is 0 Å². The summed E-state index contributed by atoms with van der Waals surface area (Å²) < 4.78 is 65.3. The first-order valence-corrected chi connectivity index (χ1v) is 14.6. The van der Waals surface area contributed by atoms with Crippen LogP contribution < -0.4 is 19.5 Å². The minimum Gasteiger partial charge on any atom is -0.489 e. The van der Waals surface area contributed by atoms with Gasteiger partial charge in [0.25, 0.3) is 11.1 Å². The molecule has 2 amide bonds. The third-order valence-corrected chi connectivity index (χ3v) is 8.43. The van der Waals surface area contributed by atoms with E-state index < -0.39 is 40.6 Å². The van der Waals surface area contributed by atoms with Gasteiger partial charge in [-0.1, -0.05) is 19.4 Å². The van der Waals surface area contributed by atoms with Gasteiger partial charge in [-0.05, 0) is 99.2 Å². The fourth-order valence-corrected chi connectivity index (χ4v) is 5.79. The first kappa shape index (κ1) is 32.2. The van der Waals surface area contributed by atoms with Gasteiger partial charge in [0.2, 0.25) is 0 Å². The summed E-state index contributed by atoms with van der Waals surface area (Å²) >= 11 is 0.624. The Kier molecular flexibility index (Phi) is 9.39. The van der Waals surface area contributed by atoms with Crippen molar-refractivity contribution in [2.75, 3.05) is 13.7 Å². The number of imide groups is 1. The van der Waals surface area contributed by atoms with Crippen molar-refractivity contribution < 1.29 is 46.5 Å². The Morgan fingerprint density at radius 2 is 1.91 bits per heavy atom. The largest absolute Gasteiger partial charge is 0.489 e. The van der Waals surface area contributed by atoms with Crippen LogP contribution in [0.4, 0.5) is 18.0 Å². The van der Waals surface area contributed by atoms with Crippen LogP contribution in [-0.2, 0) is 26.9 Å². The van der Waals surface area contributed by atoms with Crippen LogP contribution >= 0.6 is 11.8 Å². The van der Waals surface area contributed by atoms with Crippen molar-refractivity contribution in [3.05, 3.63) is 56.5 Å². The number of rotatable bonds is 9. The Bertz CT molecular complexity index is 1490. The second kappa shape index (κ2) is 12.5. The molecule has 0 spiro atoms. The number of carbonyl (C=O) groups is 3. The van der Waals surface area contributed by atoms with E-state index in [1.165, 1.54) is 25.3 Å². The van der Waals surface area contributed by atoms with E-state index in [2.05, 4.69) is 5.32 Å². The van der Waals surface area contributed by atoms with Gasteiger partial charge in [0.05, 0.1) is 17.6 Å². The van der Waals surface area contributed by atoms with Gasteiger partial charge in [-0.15, -0.1) is 0 Å². The lowest BCUT2D eigenvalue weighted by atomic mass is 9.87. The highest BCUT2D eigenvalue weighted by atomic mass is 32.2. The molecule has 1 fully saturated rings. The maximum Gasteiger partial charge on any atom is 0.419 e. The molecule has 1 N–H and O–H groups in total. The van der Waals surface area contributed by atoms with Crippen LogP contribution in [0.5, 0.6) is 17.2 Å². The molecule has 2 aromatic carbocycles. The predicted molar refractivity (Wildman–Crippen MR) is 155 cm³/mol. The maximum absolute atomic E-state index is 14.0. The molecule has 43 heavy (non-hydrogen) atoms. The Morgan fingerprint density at radius 1 is 1.19 bits per heavy atom. The van der Waals surface area contributed by atoms with E-state index in [9.17, 15) is 27.6 Å². The molecular formula is C31H34F3NO7S. The monoisotopic (exact) mass is 621 g/mol. The number of amides is 2. The number of fused-ring (bicyclic) bond motifs is 1. The molecule has 0 radical (unpaired) electrons. The van der Waals surface area contributed by atoms with Gasteiger partial charge >= 0.3 is 12.1 Å². The SMILES string of the molecule is CCCC(Oc1c(C)c(C)c2c(c1C)CCC(C)(COc1ccc(C=C3SC(=O)NC3=O)cc1C(F)(F)F)O2)C(=O)OC. The fraction of sp³-hybridized carbons (Fsp3) is 0.452. The highest BCUT2D eigenvalue weighted by molar-refractivity contribution is 8.18. The summed E-state index contributed by atoms with van der Waals surface area (Å²) in [7, 11) is 1.32. The second-order valence-corrected chi connectivity index (χ2v) is 11.9. The molecule has 2 aliphatic rings. The summed E-state index contributed by atoms with van der Waals surface area (Å²) in [6.07, 6.45) is -1.98. The third-order valence-electron chi connectivity index (χ3n) is 7.62. The van der Waals surface area contributed by atoms with Gasteiger partial charge in [0, 0.05) is 5.56 Å².